The van der Waals surface area contributed by atoms with Gasteiger partial charge in [-0.1, -0.05) is 0 Å². The molecule has 0 bridgehead atoms. The number of rotatable bonds is 3. The molecule has 1 unspecified atom stereocenters. The van der Waals surface area contributed by atoms with Crippen LogP contribution in [0.2, 0.25) is 0 Å². The van der Waals surface area contributed by atoms with Crippen LogP contribution in [0.25, 0.3) is 0 Å². The van der Waals surface area contributed by atoms with Crippen molar-refractivity contribution in [2.75, 3.05) is 19.6 Å². The minimum absolute atomic E-state index is 0.00730. The second kappa shape index (κ2) is 6.45. The molecular weight excluding hydrogens is 308 g/mol. The average Bonchev–Trinajstić information content (AvgIpc) is 3.28. The number of hydrogen-bond acceptors (Lipinski definition) is 4. The highest BCUT2D eigenvalue weighted by atomic mass is 32.1. The molecule has 2 aromatic heterocycles. The minimum atomic E-state index is 0.00730. The Morgan fingerprint density at radius 2 is 2.13 bits per heavy atom. The maximum Gasteiger partial charge on any atom is 0.228 e. The van der Waals surface area contributed by atoms with Gasteiger partial charge >= 0.3 is 0 Å². The third kappa shape index (κ3) is 3.19. The van der Waals surface area contributed by atoms with Crippen LogP contribution in [0.5, 0.6) is 0 Å². The molecule has 0 spiro atoms. The number of amides is 1. The smallest absolute Gasteiger partial charge is 0.228 e. The number of thiophene rings is 1. The molecule has 1 fully saturated rings. The molecule has 0 radical (unpaired) electrons. The highest BCUT2D eigenvalue weighted by Crippen LogP contribution is 2.22. The Balaban J connectivity index is 1.55. The minimum Gasteiger partial charge on any atom is -0.342 e. The van der Waals surface area contributed by atoms with Crippen molar-refractivity contribution in [3.8, 4) is 0 Å². The highest BCUT2D eigenvalue weighted by Gasteiger charge is 2.31. The Labute approximate surface area is 140 Å². The number of fused-ring (bicyclic) bond motifs is 1. The van der Waals surface area contributed by atoms with Gasteiger partial charge < -0.3 is 4.90 Å². The van der Waals surface area contributed by atoms with Gasteiger partial charge in [0.25, 0.3) is 0 Å². The SMILES string of the molecule is O=C(C1CN(Cc2ccsc2)Cc2ccnn2C1)N1CCCC1. The Bertz CT molecular complexity index is 660. The third-order valence-corrected chi connectivity index (χ3v) is 5.55. The zero-order chi connectivity index (χ0) is 15.6. The number of hydrogen-bond donors (Lipinski definition) is 0. The summed E-state index contributed by atoms with van der Waals surface area (Å²) < 4.78 is 2.02. The van der Waals surface area contributed by atoms with Crippen LogP contribution in [-0.2, 0) is 24.4 Å². The molecule has 4 heterocycles. The molecule has 0 N–H and O–H groups in total. The standard InChI is InChI=1S/C17H22N4OS/c22-17(20-6-1-2-7-20)15-10-19(9-14-4-8-23-13-14)12-16-3-5-18-21(16)11-15/h3-5,8,13,15H,1-2,6-7,9-12H2. The van der Waals surface area contributed by atoms with Crippen molar-refractivity contribution in [3.63, 3.8) is 0 Å². The van der Waals surface area contributed by atoms with Gasteiger partial charge in [-0.2, -0.15) is 16.4 Å². The van der Waals surface area contributed by atoms with Gasteiger partial charge in [0.1, 0.15) is 0 Å². The number of nitrogens with zero attached hydrogens (tertiary/aromatic N) is 4. The number of aromatic nitrogens is 2. The Morgan fingerprint density at radius 1 is 1.26 bits per heavy atom. The Hall–Kier alpha value is -1.66. The molecule has 0 aliphatic carbocycles. The summed E-state index contributed by atoms with van der Waals surface area (Å²) in [6.07, 6.45) is 4.13. The quantitative estimate of drug-likeness (QED) is 0.866. The van der Waals surface area contributed by atoms with Crippen LogP contribution in [0, 0.1) is 5.92 Å². The molecule has 2 aromatic rings. The summed E-state index contributed by atoms with van der Waals surface area (Å²) in [6, 6.07) is 4.24. The molecule has 0 saturated carbocycles. The molecule has 0 aromatic carbocycles. The third-order valence-electron chi connectivity index (χ3n) is 4.82. The van der Waals surface area contributed by atoms with Crippen molar-refractivity contribution in [1.29, 1.82) is 0 Å². The van der Waals surface area contributed by atoms with E-state index in [4.69, 9.17) is 0 Å². The molecule has 1 amide bonds. The first-order valence-corrected chi connectivity index (χ1v) is 9.27. The van der Waals surface area contributed by atoms with Crippen molar-refractivity contribution in [3.05, 3.63) is 40.3 Å². The van der Waals surface area contributed by atoms with Gasteiger partial charge in [0, 0.05) is 38.9 Å². The van der Waals surface area contributed by atoms with Crippen LogP contribution in [-0.4, -0.2) is 45.1 Å². The molecular formula is C17H22N4OS. The second-order valence-corrected chi connectivity index (χ2v) is 7.32. The summed E-state index contributed by atoms with van der Waals surface area (Å²) in [7, 11) is 0. The van der Waals surface area contributed by atoms with E-state index in [0.29, 0.717) is 12.5 Å². The summed E-state index contributed by atoms with van der Waals surface area (Å²) in [4.78, 5) is 17.3. The fourth-order valence-corrected chi connectivity index (χ4v) is 4.30. The van der Waals surface area contributed by atoms with E-state index in [1.807, 2.05) is 15.8 Å². The van der Waals surface area contributed by atoms with Crippen molar-refractivity contribution in [1.82, 2.24) is 19.6 Å². The fraction of sp³-hybridized carbons (Fsp3) is 0.529. The monoisotopic (exact) mass is 330 g/mol. The molecule has 4 rings (SSSR count). The largest absolute Gasteiger partial charge is 0.342 e. The summed E-state index contributed by atoms with van der Waals surface area (Å²) >= 11 is 1.73. The molecule has 5 nitrogen and oxygen atoms in total. The zero-order valence-corrected chi connectivity index (χ0v) is 14.0. The van der Waals surface area contributed by atoms with Gasteiger partial charge in [0.05, 0.1) is 18.2 Å². The van der Waals surface area contributed by atoms with Gasteiger partial charge in [0.2, 0.25) is 5.91 Å². The van der Waals surface area contributed by atoms with E-state index in [1.54, 1.807) is 11.3 Å². The lowest BCUT2D eigenvalue weighted by atomic mass is 10.1. The molecule has 2 aliphatic heterocycles. The van der Waals surface area contributed by atoms with E-state index in [1.165, 1.54) is 11.3 Å². The number of carbonyl (C=O) groups is 1. The van der Waals surface area contributed by atoms with E-state index < -0.39 is 0 Å². The lowest BCUT2D eigenvalue weighted by molar-refractivity contribution is -0.135. The van der Waals surface area contributed by atoms with Gasteiger partial charge in [0.15, 0.2) is 0 Å². The van der Waals surface area contributed by atoms with E-state index in [9.17, 15) is 4.79 Å². The van der Waals surface area contributed by atoms with Crippen LogP contribution in [0.3, 0.4) is 0 Å². The van der Waals surface area contributed by atoms with Crippen LogP contribution in [0.1, 0.15) is 24.1 Å². The molecule has 1 saturated heterocycles. The molecule has 6 heteroatoms. The maximum atomic E-state index is 12.9. The van der Waals surface area contributed by atoms with Crippen LogP contribution < -0.4 is 0 Å². The maximum absolute atomic E-state index is 12.9. The molecule has 2 aliphatic rings. The van der Waals surface area contributed by atoms with Gasteiger partial charge in [-0.05, 0) is 41.3 Å². The normalized spacial score (nSPS) is 22.1. The van der Waals surface area contributed by atoms with E-state index in [2.05, 4.69) is 32.9 Å². The summed E-state index contributed by atoms with van der Waals surface area (Å²) in [6.45, 7) is 5.13. The van der Waals surface area contributed by atoms with Crippen LogP contribution >= 0.6 is 11.3 Å². The second-order valence-electron chi connectivity index (χ2n) is 6.54. The van der Waals surface area contributed by atoms with Gasteiger partial charge in [-0.15, -0.1) is 0 Å². The summed E-state index contributed by atoms with van der Waals surface area (Å²) in [5.41, 5.74) is 2.53. The van der Waals surface area contributed by atoms with Crippen LogP contribution in [0.4, 0.5) is 0 Å². The Kier molecular flexibility index (Phi) is 4.18. The predicted octanol–water partition coefficient (Wildman–Crippen LogP) is 2.20. The first-order chi connectivity index (χ1) is 11.3. The van der Waals surface area contributed by atoms with Crippen molar-refractivity contribution in [2.45, 2.75) is 32.5 Å². The summed E-state index contributed by atoms with van der Waals surface area (Å²) in [5.74, 6) is 0.314. The van der Waals surface area contributed by atoms with E-state index >= 15 is 0 Å². The number of likely N-dealkylation sites (tertiary alicyclic amines) is 1. The lowest BCUT2D eigenvalue weighted by Crippen LogP contribution is -2.40. The van der Waals surface area contributed by atoms with E-state index in [-0.39, 0.29) is 5.92 Å². The molecule has 1 atom stereocenters. The molecule has 122 valence electrons. The Morgan fingerprint density at radius 3 is 2.91 bits per heavy atom. The summed E-state index contributed by atoms with van der Waals surface area (Å²) in [5, 5.41) is 8.74. The van der Waals surface area contributed by atoms with Crippen molar-refractivity contribution >= 4 is 17.2 Å². The van der Waals surface area contributed by atoms with Crippen LogP contribution in [0.15, 0.2) is 29.1 Å². The highest BCUT2D eigenvalue weighted by molar-refractivity contribution is 7.07. The first-order valence-electron chi connectivity index (χ1n) is 8.32. The lowest BCUT2D eigenvalue weighted by Gasteiger charge is -2.26. The van der Waals surface area contributed by atoms with Gasteiger partial charge in [-0.3, -0.25) is 14.4 Å². The zero-order valence-electron chi connectivity index (χ0n) is 13.2. The number of carbonyl (C=O) groups excluding carboxylic acids is 1. The first kappa shape index (κ1) is 14.9. The predicted molar refractivity (Wildman–Crippen MR) is 90.0 cm³/mol. The average molecular weight is 330 g/mol. The molecule has 23 heavy (non-hydrogen) atoms. The topological polar surface area (TPSA) is 41.4 Å². The van der Waals surface area contributed by atoms with Crippen molar-refractivity contribution in [2.24, 2.45) is 5.92 Å². The van der Waals surface area contributed by atoms with Crippen molar-refractivity contribution < 1.29 is 4.79 Å². The fourth-order valence-electron chi connectivity index (χ4n) is 3.64. The van der Waals surface area contributed by atoms with Gasteiger partial charge in [-0.25, -0.2) is 0 Å². The van der Waals surface area contributed by atoms with E-state index in [0.717, 1.165) is 45.6 Å².